The van der Waals surface area contributed by atoms with Crippen molar-refractivity contribution in [2.45, 2.75) is 12.3 Å². The first kappa shape index (κ1) is 11.5. The van der Waals surface area contributed by atoms with Crippen LogP contribution in [0.15, 0.2) is 35.4 Å². The lowest BCUT2D eigenvalue weighted by Gasteiger charge is -2.23. The molecule has 0 saturated carbocycles. The molecule has 96 valence electrons. The summed E-state index contributed by atoms with van der Waals surface area (Å²) >= 11 is 0. The molecule has 1 aliphatic rings. The number of hydrogen-bond donors (Lipinski definition) is 3. The largest absolute Gasteiger partial charge is 0.508 e. The summed E-state index contributed by atoms with van der Waals surface area (Å²) in [5.41, 5.74) is 0.989. The fraction of sp³-hybridized carbons (Fsp3) is 0.154. The van der Waals surface area contributed by atoms with Crippen LogP contribution >= 0.6 is 0 Å². The minimum absolute atomic E-state index is 0.143. The van der Waals surface area contributed by atoms with E-state index in [0.717, 1.165) is 5.56 Å². The van der Waals surface area contributed by atoms with E-state index in [1.807, 2.05) is 0 Å². The first-order valence-electron chi connectivity index (χ1n) is 5.81. The SMILES string of the molecule is O=C1CC(c2ccc(O)cc2)c2c(nc[nH]c2=O)N1. The number of amides is 1. The van der Waals surface area contributed by atoms with Crippen LogP contribution in [-0.2, 0) is 4.79 Å². The Kier molecular flexibility index (Phi) is 2.56. The lowest BCUT2D eigenvalue weighted by atomic mass is 9.87. The highest BCUT2D eigenvalue weighted by molar-refractivity contribution is 5.94. The van der Waals surface area contributed by atoms with Crippen LogP contribution in [0.2, 0.25) is 0 Å². The predicted octanol–water partition coefficient (Wildman–Crippen LogP) is 0.950. The third-order valence-electron chi connectivity index (χ3n) is 3.18. The number of aromatic amines is 1. The van der Waals surface area contributed by atoms with Crippen LogP contribution in [0.5, 0.6) is 5.75 Å². The molecule has 6 heteroatoms. The number of benzene rings is 1. The van der Waals surface area contributed by atoms with Gasteiger partial charge in [0.15, 0.2) is 0 Å². The number of fused-ring (bicyclic) bond motifs is 1. The van der Waals surface area contributed by atoms with Gasteiger partial charge in [0.2, 0.25) is 5.91 Å². The highest BCUT2D eigenvalue weighted by atomic mass is 16.3. The van der Waals surface area contributed by atoms with Crippen LogP contribution in [-0.4, -0.2) is 21.0 Å². The average Bonchev–Trinajstić information content (AvgIpc) is 2.38. The Hall–Kier alpha value is -2.63. The molecule has 1 unspecified atom stereocenters. The van der Waals surface area contributed by atoms with E-state index < -0.39 is 0 Å². The number of nitrogens with one attached hydrogen (secondary N) is 2. The molecule has 3 rings (SSSR count). The summed E-state index contributed by atoms with van der Waals surface area (Å²) in [5.74, 6) is -0.0760. The van der Waals surface area contributed by atoms with Crippen molar-refractivity contribution in [3.63, 3.8) is 0 Å². The summed E-state index contributed by atoms with van der Waals surface area (Å²) in [6, 6.07) is 6.47. The standard InChI is InChI=1S/C13H11N3O3/c17-8-3-1-7(2-4-8)9-5-10(18)16-12-11(9)13(19)15-6-14-12/h1-4,6,9,17H,5H2,(H2,14,15,16,18,19). The lowest BCUT2D eigenvalue weighted by Crippen LogP contribution is -2.30. The molecular weight excluding hydrogens is 246 g/mol. The first-order chi connectivity index (χ1) is 9.15. The third-order valence-corrected chi connectivity index (χ3v) is 3.18. The number of rotatable bonds is 1. The van der Waals surface area contributed by atoms with E-state index in [4.69, 9.17) is 0 Å². The zero-order chi connectivity index (χ0) is 13.4. The van der Waals surface area contributed by atoms with E-state index in [1.165, 1.54) is 18.5 Å². The molecular formula is C13H11N3O3. The van der Waals surface area contributed by atoms with Gasteiger partial charge in [0, 0.05) is 12.3 Å². The number of aromatic hydroxyl groups is 1. The van der Waals surface area contributed by atoms with E-state index in [2.05, 4.69) is 15.3 Å². The fourth-order valence-electron chi connectivity index (χ4n) is 2.29. The molecule has 0 radical (unpaired) electrons. The van der Waals surface area contributed by atoms with Crippen molar-refractivity contribution in [3.8, 4) is 5.75 Å². The smallest absolute Gasteiger partial charge is 0.256 e. The number of anilines is 1. The van der Waals surface area contributed by atoms with Gasteiger partial charge in [0.25, 0.3) is 5.56 Å². The Labute approximate surface area is 108 Å². The molecule has 2 heterocycles. The average molecular weight is 257 g/mol. The third kappa shape index (κ3) is 1.97. The summed E-state index contributed by atoms with van der Waals surface area (Å²) < 4.78 is 0. The first-order valence-corrected chi connectivity index (χ1v) is 5.81. The van der Waals surface area contributed by atoms with E-state index in [-0.39, 0.29) is 29.6 Å². The summed E-state index contributed by atoms with van der Waals surface area (Å²) in [6.45, 7) is 0. The second kappa shape index (κ2) is 4.24. The number of phenols is 1. The Morgan fingerprint density at radius 2 is 1.95 bits per heavy atom. The molecule has 1 aliphatic heterocycles. The summed E-state index contributed by atoms with van der Waals surface area (Å²) in [6.07, 6.45) is 1.45. The molecule has 1 aromatic carbocycles. The molecule has 1 atom stereocenters. The van der Waals surface area contributed by atoms with Crippen LogP contribution in [0, 0.1) is 0 Å². The molecule has 0 bridgehead atoms. The molecule has 0 aliphatic carbocycles. The van der Waals surface area contributed by atoms with Gasteiger partial charge in [-0.3, -0.25) is 9.59 Å². The van der Waals surface area contributed by atoms with Crippen LogP contribution in [0.1, 0.15) is 23.5 Å². The van der Waals surface area contributed by atoms with Crippen LogP contribution in [0.25, 0.3) is 0 Å². The van der Waals surface area contributed by atoms with Crippen LogP contribution < -0.4 is 10.9 Å². The quantitative estimate of drug-likeness (QED) is 0.708. The monoisotopic (exact) mass is 257 g/mol. The highest BCUT2D eigenvalue weighted by Crippen LogP contribution is 2.33. The predicted molar refractivity (Wildman–Crippen MR) is 68.1 cm³/mol. The van der Waals surface area contributed by atoms with Gasteiger partial charge in [-0.2, -0.15) is 0 Å². The Morgan fingerprint density at radius 3 is 2.68 bits per heavy atom. The minimum atomic E-state index is -0.346. The van der Waals surface area contributed by atoms with Gasteiger partial charge in [-0.1, -0.05) is 12.1 Å². The van der Waals surface area contributed by atoms with E-state index >= 15 is 0 Å². The zero-order valence-corrected chi connectivity index (χ0v) is 9.88. The van der Waals surface area contributed by atoms with Gasteiger partial charge in [-0.05, 0) is 17.7 Å². The molecule has 3 N–H and O–H groups in total. The van der Waals surface area contributed by atoms with Crippen molar-refractivity contribution in [1.82, 2.24) is 9.97 Å². The van der Waals surface area contributed by atoms with Crippen molar-refractivity contribution in [3.05, 3.63) is 52.1 Å². The highest BCUT2D eigenvalue weighted by Gasteiger charge is 2.29. The van der Waals surface area contributed by atoms with Gasteiger partial charge in [0.1, 0.15) is 11.6 Å². The molecule has 1 aromatic heterocycles. The van der Waals surface area contributed by atoms with Gasteiger partial charge in [0.05, 0.1) is 11.9 Å². The number of H-pyrrole nitrogens is 1. The van der Waals surface area contributed by atoms with Crippen molar-refractivity contribution in [1.29, 1.82) is 0 Å². The van der Waals surface area contributed by atoms with E-state index in [0.29, 0.717) is 11.4 Å². The van der Waals surface area contributed by atoms with Crippen molar-refractivity contribution in [2.75, 3.05) is 5.32 Å². The van der Waals surface area contributed by atoms with Crippen LogP contribution in [0.4, 0.5) is 5.82 Å². The molecule has 1 amide bonds. The molecule has 2 aromatic rings. The number of nitrogens with zero attached hydrogens (tertiary/aromatic N) is 1. The maximum absolute atomic E-state index is 11.9. The van der Waals surface area contributed by atoms with Gasteiger partial charge >= 0.3 is 0 Å². The second-order valence-electron chi connectivity index (χ2n) is 4.39. The minimum Gasteiger partial charge on any atom is -0.508 e. The van der Waals surface area contributed by atoms with Gasteiger partial charge in [-0.25, -0.2) is 4.98 Å². The Bertz CT molecular complexity index is 691. The summed E-state index contributed by atoms with van der Waals surface area (Å²) in [5, 5.41) is 11.9. The second-order valence-corrected chi connectivity index (χ2v) is 4.39. The molecule has 6 nitrogen and oxygen atoms in total. The summed E-state index contributed by atoms with van der Waals surface area (Å²) in [4.78, 5) is 30.1. The number of carbonyl (C=O) groups excluding carboxylic acids is 1. The number of aromatic nitrogens is 2. The van der Waals surface area contributed by atoms with Crippen molar-refractivity contribution >= 4 is 11.7 Å². The molecule has 0 saturated heterocycles. The maximum Gasteiger partial charge on any atom is 0.256 e. The van der Waals surface area contributed by atoms with E-state index in [9.17, 15) is 14.7 Å². The lowest BCUT2D eigenvalue weighted by molar-refractivity contribution is -0.116. The Morgan fingerprint density at radius 1 is 1.21 bits per heavy atom. The zero-order valence-electron chi connectivity index (χ0n) is 9.88. The van der Waals surface area contributed by atoms with Crippen LogP contribution in [0.3, 0.4) is 0 Å². The van der Waals surface area contributed by atoms with Crippen molar-refractivity contribution in [2.24, 2.45) is 0 Å². The topological polar surface area (TPSA) is 95.1 Å². The maximum atomic E-state index is 11.9. The summed E-state index contributed by atoms with van der Waals surface area (Å²) in [7, 11) is 0. The van der Waals surface area contributed by atoms with E-state index in [1.54, 1.807) is 12.1 Å². The molecule has 0 spiro atoms. The normalized spacial score (nSPS) is 17.7. The molecule has 0 fully saturated rings. The fourth-order valence-corrected chi connectivity index (χ4v) is 2.29. The number of carbonyl (C=O) groups is 1. The number of hydrogen-bond acceptors (Lipinski definition) is 4. The number of phenolic OH excluding ortho intramolecular Hbond substituents is 1. The van der Waals surface area contributed by atoms with Crippen molar-refractivity contribution < 1.29 is 9.90 Å². The molecule has 19 heavy (non-hydrogen) atoms. The van der Waals surface area contributed by atoms with Gasteiger partial charge in [-0.15, -0.1) is 0 Å². The Balaban J connectivity index is 2.15. The van der Waals surface area contributed by atoms with Gasteiger partial charge < -0.3 is 15.4 Å².